The Morgan fingerprint density at radius 2 is 1.89 bits per heavy atom. The molecule has 0 radical (unpaired) electrons. The Bertz CT molecular complexity index is 433. The predicted octanol–water partition coefficient (Wildman–Crippen LogP) is 5.43. The first-order chi connectivity index (χ1) is 9.22. The van der Waals surface area contributed by atoms with Gasteiger partial charge >= 0.3 is 0 Å². The van der Waals surface area contributed by atoms with E-state index in [1.807, 2.05) is 12.1 Å². The fourth-order valence-electron chi connectivity index (χ4n) is 2.67. The Balaban J connectivity index is 2.00. The summed E-state index contributed by atoms with van der Waals surface area (Å²) >= 11 is 6.23. The molecule has 1 nitrogen and oxygen atoms in total. The molecule has 0 unspecified atom stereocenters. The van der Waals surface area contributed by atoms with Gasteiger partial charge in [0.1, 0.15) is 0 Å². The zero-order chi connectivity index (χ0) is 13.7. The van der Waals surface area contributed by atoms with Crippen molar-refractivity contribution in [3.8, 4) is 0 Å². The number of allylic oxidation sites excluding steroid dienone is 2. The lowest BCUT2D eigenvalue weighted by atomic mass is 9.99. The first-order valence-corrected chi connectivity index (χ1v) is 7.76. The van der Waals surface area contributed by atoms with Crippen LogP contribution in [0.15, 0.2) is 29.3 Å². The highest BCUT2D eigenvalue weighted by molar-refractivity contribution is 6.33. The van der Waals surface area contributed by atoms with E-state index >= 15 is 0 Å². The molecule has 1 aromatic carbocycles. The third-order valence-corrected chi connectivity index (χ3v) is 4.29. The van der Waals surface area contributed by atoms with Crippen LogP contribution in [0.5, 0.6) is 0 Å². The zero-order valence-electron chi connectivity index (χ0n) is 11.7. The van der Waals surface area contributed by atoms with Gasteiger partial charge in [-0.25, -0.2) is 0 Å². The Morgan fingerprint density at radius 3 is 2.47 bits per heavy atom. The second kappa shape index (κ2) is 7.12. The number of benzene rings is 1. The van der Waals surface area contributed by atoms with Crippen molar-refractivity contribution in [2.75, 3.05) is 0 Å². The Morgan fingerprint density at radius 1 is 1.16 bits per heavy atom. The van der Waals surface area contributed by atoms with Gasteiger partial charge in [-0.15, -0.1) is 0 Å². The highest BCUT2D eigenvalue weighted by Crippen LogP contribution is 2.36. The highest BCUT2D eigenvalue weighted by atomic mass is 35.5. The van der Waals surface area contributed by atoms with Crippen molar-refractivity contribution in [2.24, 2.45) is 0 Å². The van der Waals surface area contributed by atoms with Gasteiger partial charge in [-0.05, 0) is 42.4 Å². The maximum absolute atomic E-state index is 10.1. The molecule has 2 heteroatoms. The fourth-order valence-corrected chi connectivity index (χ4v) is 3.01. The van der Waals surface area contributed by atoms with Crippen molar-refractivity contribution < 1.29 is 5.11 Å². The van der Waals surface area contributed by atoms with Crippen molar-refractivity contribution in [3.63, 3.8) is 0 Å². The average Bonchev–Trinajstić information content (AvgIpc) is 2.85. The third kappa shape index (κ3) is 3.84. The van der Waals surface area contributed by atoms with Gasteiger partial charge in [-0.3, -0.25) is 0 Å². The van der Waals surface area contributed by atoms with E-state index in [4.69, 9.17) is 11.6 Å². The second-order valence-corrected chi connectivity index (χ2v) is 5.83. The summed E-state index contributed by atoms with van der Waals surface area (Å²) in [5.41, 5.74) is 3.52. The lowest BCUT2D eigenvalue weighted by Gasteiger charge is -2.12. The highest BCUT2D eigenvalue weighted by Gasteiger charge is 2.15. The first kappa shape index (κ1) is 14.6. The maximum atomic E-state index is 10.1. The molecule has 0 spiro atoms. The van der Waals surface area contributed by atoms with Gasteiger partial charge in [0.2, 0.25) is 0 Å². The van der Waals surface area contributed by atoms with E-state index in [1.165, 1.54) is 24.0 Å². The van der Waals surface area contributed by atoms with Crippen molar-refractivity contribution >= 4 is 17.2 Å². The van der Waals surface area contributed by atoms with Gasteiger partial charge in [-0.1, -0.05) is 62.1 Å². The van der Waals surface area contributed by atoms with E-state index in [-0.39, 0.29) is 6.10 Å². The maximum Gasteiger partial charge on any atom is 0.0790 e. The van der Waals surface area contributed by atoms with E-state index in [1.54, 1.807) is 0 Å². The van der Waals surface area contributed by atoms with Gasteiger partial charge < -0.3 is 5.11 Å². The molecule has 19 heavy (non-hydrogen) atoms. The van der Waals surface area contributed by atoms with E-state index in [9.17, 15) is 5.11 Å². The third-order valence-electron chi connectivity index (χ3n) is 3.88. The number of hydrogen-bond acceptors (Lipinski definition) is 1. The predicted molar refractivity (Wildman–Crippen MR) is 82.2 cm³/mol. The van der Waals surface area contributed by atoms with Crippen molar-refractivity contribution in [1.29, 1.82) is 0 Å². The normalized spacial score (nSPS) is 17.0. The number of rotatable bonds is 6. The van der Waals surface area contributed by atoms with Crippen LogP contribution in [0.4, 0.5) is 0 Å². The Hall–Kier alpha value is -0.790. The molecule has 0 aromatic heterocycles. The van der Waals surface area contributed by atoms with Gasteiger partial charge in [0, 0.05) is 5.03 Å². The van der Waals surface area contributed by atoms with Gasteiger partial charge in [0.15, 0.2) is 0 Å². The fraction of sp³-hybridized carbons (Fsp3) is 0.529. The molecule has 2 rings (SSSR count). The minimum Gasteiger partial charge on any atom is -0.388 e. The molecule has 1 aliphatic carbocycles. The van der Waals surface area contributed by atoms with Crippen LogP contribution in [0.3, 0.4) is 0 Å². The van der Waals surface area contributed by atoms with Crippen LogP contribution in [0, 0.1) is 0 Å². The molecule has 0 amide bonds. The van der Waals surface area contributed by atoms with E-state index in [2.05, 4.69) is 19.1 Å². The molecule has 0 saturated heterocycles. The first-order valence-electron chi connectivity index (χ1n) is 7.38. The molecular weight excluding hydrogens is 256 g/mol. The topological polar surface area (TPSA) is 20.2 Å². The number of aliphatic hydroxyl groups excluding tert-OH is 1. The quantitative estimate of drug-likeness (QED) is 0.688. The van der Waals surface area contributed by atoms with E-state index < -0.39 is 0 Å². The van der Waals surface area contributed by atoms with Crippen LogP contribution < -0.4 is 0 Å². The summed E-state index contributed by atoms with van der Waals surface area (Å²) in [5, 5.41) is 11.1. The number of unbranched alkanes of at least 4 members (excludes halogenated alkanes) is 2. The number of aliphatic hydroxyl groups is 1. The molecular formula is C17H23ClO. The molecule has 1 N–H and O–H groups in total. The molecule has 1 atom stereocenters. The van der Waals surface area contributed by atoms with Gasteiger partial charge in [0.25, 0.3) is 0 Å². The molecule has 104 valence electrons. The molecule has 0 fully saturated rings. The van der Waals surface area contributed by atoms with E-state index in [0.29, 0.717) is 0 Å². The van der Waals surface area contributed by atoms with Gasteiger partial charge in [0.05, 0.1) is 6.10 Å². The molecule has 0 bridgehead atoms. The molecule has 0 aliphatic heterocycles. The largest absolute Gasteiger partial charge is 0.388 e. The summed E-state index contributed by atoms with van der Waals surface area (Å²) in [6.07, 6.45) is 7.27. The zero-order valence-corrected chi connectivity index (χ0v) is 12.4. The van der Waals surface area contributed by atoms with Crippen molar-refractivity contribution in [3.05, 3.63) is 40.4 Å². The smallest absolute Gasteiger partial charge is 0.0790 e. The van der Waals surface area contributed by atoms with Crippen LogP contribution in [-0.2, 0) is 0 Å². The number of halogens is 1. The van der Waals surface area contributed by atoms with Gasteiger partial charge in [-0.2, -0.15) is 0 Å². The summed E-state index contributed by atoms with van der Waals surface area (Å²) in [6, 6.07) is 8.28. The van der Waals surface area contributed by atoms with Crippen molar-refractivity contribution in [2.45, 2.75) is 58.0 Å². The minimum atomic E-state index is -0.325. The summed E-state index contributed by atoms with van der Waals surface area (Å²) in [4.78, 5) is 0. The van der Waals surface area contributed by atoms with Crippen LogP contribution >= 0.6 is 11.6 Å². The van der Waals surface area contributed by atoms with E-state index in [0.717, 1.165) is 42.7 Å². The molecule has 0 saturated carbocycles. The number of hydrogen-bond donors (Lipinski definition) is 1. The van der Waals surface area contributed by atoms with Crippen LogP contribution in [-0.4, -0.2) is 5.11 Å². The summed E-state index contributed by atoms with van der Waals surface area (Å²) in [6.45, 7) is 2.18. The summed E-state index contributed by atoms with van der Waals surface area (Å²) in [7, 11) is 0. The van der Waals surface area contributed by atoms with Crippen molar-refractivity contribution in [1.82, 2.24) is 0 Å². The molecule has 1 aliphatic rings. The minimum absolute atomic E-state index is 0.325. The monoisotopic (exact) mass is 278 g/mol. The summed E-state index contributed by atoms with van der Waals surface area (Å²) in [5.74, 6) is 0. The SMILES string of the molecule is CCCCC[C@@H](O)c1ccc(C2=C(Cl)CCC2)cc1. The summed E-state index contributed by atoms with van der Waals surface area (Å²) < 4.78 is 0. The lowest BCUT2D eigenvalue weighted by molar-refractivity contribution is 0.163. The van der Waals surface area contributed by atoms with Crippen LogP contribution in [0.2, 0.25) is 0 Å². The Kier molecular flexibility index (Phi) is 5.47. The van der Waals surface area contributed by atoms with Crippen LogP contribution in [0.1, 0.15) is 69.1 Å². The van der Waals surface area contributed by atoms with Crippen LogP contribution in [0.25, 0.3) is 5.57 Å². The Labute approximate surface area is 121 Å². The second-order valence-electron chi connectivity index (χ2n) is 5.37. The lowest BCUT2D eigenvalue weighted by Crippen LogP contribution is -1.97. The molecule has 1 aromatic rings. The standard InChI is InChI=1S/C17H23ClO/c1-2-3-4-8-17(19)14-11-9-13(10-12-14)15-6-5-7-16(15)18/h9-12,17,19H,2-8H2,1H3/t17-/m1/s1. The molecule has 0 heterocycles. The average molecular weight is 279 g/mol.